The van der Waals surface area contributed by atoms with Gasteiger partial charge in [-0.1, -0.05) is 47.6 Å². The van der Waals surface area contributed by atoms with Crippen molar-refractivity contribution < 1.29 is 4.79 Å². The van der Waals surface area contributed by atoms with E-state index in [0.29, 0.717) is 43.5 Å². The summed E-state index contributed by atoms with van der Waals surface area (Å²) in [6, 6.07) is 19.1. The summed E-state index contributed by atoms with van der Waals surface area (Å²) >= 11 is 7.56. The number of thioether (sulfide) groups is 1. The lowest BCUT2D eigenvalue weighted by atomic mass is 10.2. The van der Waals surface area contributed by atoms with Crippen LogP contribution in [0.5, 0.6) is 0 Å². The highest BCUT2D eigenvalue weighted by Gasteiger charge is 2.21. The molecule has 5 aromatic rings. The van der Waals surface area contributed by atoms with Crippen LogP contribution in [-0.4, -0.2) is 30.7 Å². The molecule has 1 unspecified atom stereocenters. The molecule has 0 aliphatic carbocycles. The topological polar surface area (TPSA) is 113 Å². The molecule has 0 aliphatic heterocycles. The Balaban J connectivity index is 1.50. The molecule has 0 aliphatic rings. The number of H-pyrrole nitrogens is 2. The van der Waals surface area contributed by atoms with Gasteiger partial charge in [0, 0.05) is 5.69 Å². The van der Waals surface area contributed by atoms with E-state index in [9.17, 15) is 14.4 Å². The number of nitrogens with one attached hydrogen (secondary N) is 3. The summed E-state index contributed by atoms with van der Waals surface area (Å²) < 4.78 is 1.44. The van der Waals surface area contributed by atoms with E-state index in [1.807, 2.05) is 0 Å². The van der Waals surface area contributed by atoms with Gasteiger partial charge in [-0.15, -0.1) is 0 Å². The fourth-order valence-electron chi connectivity index (χ4n) is 3.60. The molecule has 0 fully saturated rings. The second-order valence-corrected chi connectivity index (χ2v) is 9.31. The van der Waals surface area contributed by atoms with Crippen molar-refractivity contribution >= 4 is 56.9 Å². The number of carbonyl (C=O) groups excluding carboxylic acids is 1. The predicted octanol–water partition coefficient (Wildman–Crippen LogP) is 4.33. The van der Waals surface area contributed by atoms with Crippen LogP contribution in [-0.2, 0) is 4.79 Å². The quantitative estimate of drug-likeness (QED) is 0.250. The van der Waals surface area contributed by atoms with Crippen LogP contribution in [0.25, 0.3) is 27.6 Å². The Bertz CT molecular complexity index is 1670. The van der Waals surface area contributed by atoms with Gasteiger partial charge in [0.05, 0.1) is 37.9 Å². The summed E-state index contributed by atoms with van der Waals surface area (Å²) in [7, 11) is 0. The van der Waals surface area contributed by atoms with Crippen molar-refractivity contribution in [3.05, 3.63) is 92.6 Å². The number of carbonyl (C=O) groups is 1. The van der Waals surface area contributed by atoms with E-state index in [4.69, 9.17) is 11.6 Å². The minimum atomic E-state index is -0.595. The number of amides is 1. The van der Waals surface area contributed by atoms with Crippen LogP contribution >= 0.6 is 23.4 Å². The number of imidazole rings is 1. The van der Waals surface area contributed by atoms with Crippen molar-refractivity contribution in [3.8, 4) is 5.69 Å². The summed E-state index contributed by atoms with van der Waals surface area (Å²) in [6.45, 7) is 1.73. The van der Waals surface area contributed by atoms with Crippen molar-refractivity contribution in [1.82, 2.24) is 19.5 Å². The third kappa shape index (κ3) is 4.11. The van der Waals surface area contributed by atoms with Crippen LogP contribution in [0.2, 0.25) is 5.02 Å². The van der Waals surface area contributed by atoms with E-state index in [1.165, 1.54) is 4.57 Å². The van der Waals surface area contributed by atoms with Crippen LogP contribution in [0.3, 0.4) is 0 Å². The van der Waals surface area contributed by atoms with Crippen LogP contribution in [0.15, 0.2) is 81.5 Å². The van der Waals surface area contributed by atoms with E-state index in [0.717, 1.165) is 11.8 Å². The molecule has 2 heterocycles. The summed E-state index contributed by atoms with van der Waals surface area (Å²) in [5, 5.41) is 3.46. The monoisotopic (exact) mass is 491 g/mol. The molecule has 0 radical (unpaired) electrons. The molecule has 5 rings (SSSR count). The van der Waals surface area contributed by atoms with Gasteiger partial charge < -0.3 is 15.3 Å². The van der Waals surface area contributed by atoms with E-state index in [2.05, 4.69) is 20.3 Å². The van der Waals surface area contributed by atoms with Gasteiger partial charge in [-0.25, -0.2) is 9.78 Å². The Morgan fingerprint density at radius 2 is 1.76 bits per heavy atom. The molecule has 0 bridgehead atoms. The second kappa shape index (κ2) is 8.85. The molecule has 3 N–H and O–H groups in total. The maximum atomic E-state index is 13.4. The molecule has 8 nitrogen and oxygen atoms in total. The van der Waals surface area contributed by atoms with Gasteiger partial charge in [-0.3, -0.25) is 14.2 Å². The van der Waals surface area contributed by atoms with Gasteiger partial charge in [0.1, 0.15) is 0 Å². The molecule has 3 aromatic carbocycles. The first-order chi connectivity index (χ1) is 16.4. The number of aromatic nitrogens is 4. The predicted molar refractivity (Wildman–Crippen MR) is 135 cm³/mol. The highest BCUT2D eigenvalue weighted by molar-refractivity contribution is 8.00. The Morgan fingerprint density at radius 1 is 1.03 bits per heavy atom. The molecule has 0 saturated carbocycles. The number of benzene rings is 3. The van der Waals surface area contributed by atoms with Crippen LogP contribution < -0.4 is 16.6 Å². The minimum Gasteiger partial charge on any atom is -0.325 e. The maximum absolute atomic E-state index is 13.4. The van der Waals surface area contributed by atoms with Gasteiger partial charge in [-0.05, 0) is 49.4 Å². The highest BCUT2D eigenvalue weighted by Crippen LogP contribution is 2.28. The van der Waals surface area contributed by atoms with Crippen molar-refractivity contribution in [2.75, 3.05) is 5.32 Å². The molecule has 2 aromatic heterocycles. The highest BCUT2D eigenvalue weighted by atomic mass is 35.5. The lowest BCUT2D eigenvalue weighted by Gasteiger charge is -2.17. The Morgan fingerprint density at radius 3 is 2.59 bits per heavy atom. The molecule has 1 atom stereocenters. The minimum absolute atomic E-state index is 0.268. The van der Waals surface area contributed by atoms with Gasteiger partial charge >= 0.3 is 5.69 Å². The lowest BCUT2D eigenvalue weighted by molar-refractivity contribution is -0.115. The fraction of sp³-hybridized carbons (Fsp3) is 0.0833. The van der Waals surface area contributed by atoms with Gasteiger partial charge in [-0.2, -0.15) is 0 Å². The first kappa shape index (κ1) is 22.0. The number of fused-ring (bicyclic) bond motifs is 2. The van der Waals surface area contributed by atoms with E-state index in [-0.39, 0.29) is 17.2 Å². The van der Waals surface area contributed by atoms with E-state index in [1.54, 1.807) is 73.7 Å². The molecule has 0 saturated heterocycles. The first-order valence-electron chi connectivity index (χ1n) is 10.4. The van der Waals surface area contributed by atoms with Gasteiger partial charge in [0.25, 0.3) is 5.56 Å². The number of anilines is 1. The third-order valence-electron chi connectivity index (χ3n) is 5.27. The normalized spacial score (nSPS) is 12.2. The number of halogens is 1. The molecule has 1 amide bonds. The number of para-hydroxylation sites is 2. The Hall–Kier alpha value is -3.82. The largest absolute Gasteiger partial charge is 0.325 e. The molecule has 170 valence electrons. The van der Waals surface area contributed by atoms with Crippen LogP contribution in [0.4, 0.5) is 5.69 Å². The van der Waals surface area contributed by atoms with Crippen LogP contribution in [0.1, 0.15) is 6.92 Å². The second-order valence-electron chi connectivity index (χ2n) is 7.59. The van der Waals surface area contributed by atoms with Gasteiger partial charge in [0.2, 0.25) is 5.91 Å². The standard InChI is InChI=1S/C24H18ClN5O3S/c1-13(21(31)26-14-10-11-18-19(12-14)28-23(33)27-18)34-24-29-17-8-4-2-6-15(17)22(32)30(24)20-9-5-3-7-16(20)25/h2-13H,1H3,(H,26,31)(H2,27,28,33). The SMILES string of the molecule is CC(Sc1nc2ccccc2c(=O)n1-c1ccccc1Cl)C(=O)Nc1ccc2[nH]c(=O)[nH]c2c1. The van der Waals surface area contributed by atoms with Crippen molar-refractivity contribution in [1.29, 1.82) is 0 Å². The first-order valence-corrected chi connectivity index (χ1v) is 11.6. The zero-order valence-corrected chi connectivity index (χ0v) is 19.4. The van der Waals surface area contributed by atoms with Crippen molar-refractivity contribution in [3.63, 3.8) is 0 Å². The summed E-state index contributed by atoms with van der Waals surface area (Å²) in [5.74, 6) is -0.282. The maximum Gasteiger partial charge on any atom is 0.323 e. The molecular weight excluding hydrogens is 474 g/mol. The smallest absolute Gasteiger partial charge is 0.323 e. The molecular formula is C24H18ClN5O3S. The van der Waals surface area contributed by atoms with Crippen LogP contribution in [0, 0.1) is 0 Å². The van der Waals surface area contributed by atoms with Crippen molar-refractivity contribution in [2.24, 2.45) is 0 Å². The molecule has 0 spiro atoms. The number of nitrogens with zero attached hydrogens (tertiary/aromatic N) is 2. The summed E-state index contributed by atoms with van der Waals surface area (Å²) in [4.78, 5) is 47.8. The third-order valence-corrected chi connectivity index (χ3v) is 6.65. The molecule has 34 heavy (non-hydrogen) atoms. The van der Waals surface area contributed by atoms with E-state index >= 15 is 0 Å². The fourth-order valence-corrected chi connectivity index (χ4v) is 4.74. The summed E-state index contributed by atoms with van der Waals surface area (Å²) in [5.41, 5.74) is 2.21. The average Bonchev–Trinajstić information content (AvgIpc) is 3.19. The van der Waals surface area contributed by atoms with Gasteiger partial charge in [0.15, 0.2) is 5.16 Å². The Kier molecular flexibility index (Phi) is 5.72. The lowest BCUT2D eigenvalue weighted by Crippen LogP contribution is -2.26. The number of hydrogen-bond donors (Lipinski definition) is 3. The number of aromatic amines is 2. The zero-order chi connectivity index (χ0) is 23.8. The van der Waals surface area contributed by atoms with Crippen molar-refractivity contribution in [2.45, 2.75) is 17.3 Å². The average molecular weight is 492 g/mol. The molecule has 10 heteroatoms. The number of rotatable bonds is 5. The zero-order valence-electron chi connectivity index (χ0n) is 17.8. The Labute approximate surface area is 202 Å². The summed E-state index contributed by atoms with van der Waals surface area (Å²) in [6.07, 6.45) is 0. The number of hydrogen-bond acceptors (Lipinski definition) is 5. The van der Waals surface area contributed by atoms with E-state index < -0.39 is 5.25 Å².